The fourth-order valence-corrected chi connectivity index (χ4v) is 1.74. The highest BCUT2D eigenvalue weighted by Crippen LogP contribution is 2.18. The molecule has 0 saturated heterocycles. The van der Waals surface area contributed by atoms with Crippen LogP contribution in [0.2, 0.25) is 0 Å². The molecule has 1 heterocycles. The molecule has 1 rings (SSSR count). The smallest absolute Gasteiger partial charge is 0.212 e. The Kier molecular flexibility index (Phi) is 3.35. The molecular weight excluding hydrogens is 221 g/mol. The molecule has 0 aliphatic rings. The van der Waals surface area contributed by atoms with Crippen molar-refractivity contribution in [2.24, 2.45) is 5.14 Å². The molecule has 7 heteroatoms. The zero-order valence-corrected chi connectivity index (χ0v) is 9.20. The molecule has 0 radical (unpaired) electrons. The zero-order valence-electron chi connectivity index (χ0n) is 8.38. The minimum Gasteiger partial charge on any atom is -0.238 e. The maximum atomic E-state index is 12.5. The van der Waals surface area contributed by atoms with Crippen molar-refractivity contribution < 1.29 is 12.8 Å². The maximum Gasteiger partial charge on any atom is 0.212 e. The molecular formula is C8H12FN3O2S. The van der Waals surface area contributed by atoms with Gasteiger partial charge in [0.15, 0.2) is 5.82 Å². The van der Waals surface area contributed by atoms with Gasteiger partial charge in [-0.1, -0.05) is 6.92 Å². The first-order valence-corrected chi connectivity index (χ1v) is 5.92. The second-order valence-electron chi connectivity index (χ2n) is 3.34. The fraction of sp³-hybridized carbons (Fsp3) is 0.500. The monoisotopic (exact) mass is 233 g/mol. The molecule has 5 nitrogen and oxygen atoms in total. The number of aromatic nitrogens is 2. The van der Waals surface area contributed by atoms with E-state index < -0.39 is 27.0 Å². The van der Waals surface area contributed by atoms with Crippen LogP contribution in [0.3, 0.4) is 0 Å². The molecule has 0 aliphatic heterocycles. The SMILES string of the molecule is C[C@H](c1ncc(F)cn1)[C@@H](C)S(N)(=O)=O. The summed E-state index contributed by atoms with van der Waals surface area (Å²) in [4.78, 5) is 7.41. The number of primary sulfonamides is 1. The lowest BCUT2D eigenvalue weighted by Gasteiger charge is -2.15. The van der Waals surface area contributed by atoms with Gasteiger partial charge in [-0.05, 0) is 6.92 Å². The first-order chi connectivity index (χ1) is 6.82. The molecule has 0 aliphatic carbocycles. The van der Waals surface area contributed by atoms with Crippen molar-refractivity contribution in [3.63, 3.8) is 0 Å². The molecule has 2 N–H and O–H groups in total. The van der Waals surface area contributed by atoms with Gasteiger partial charge in [-0.15, -0.1) is 0 Å². The lowest BCUT2D eigenvalue weighted by atomic mass is 10.1. The van der Waals surface area contributed by atoms with E-state index in [9.17, 15) is 12.8 Å². The topological polar surface area (TPSA) is 85.9 Å². The summed E-state index contributed by atoms with van der Waals surface area (Å²) in [5.74, 6) is -0.771. The minimum absolute atomic E-state index is 0.262. The summed E-state index contributed by atoms with van der Waals surface area (Å²) in [5, 5.41) is 4.19. The van der Waals surface area contributed by atoms with Crippen molar-refractivity contribution in [1.82, 2.24) is 9.97 Å². The molecule has 0 bridgehead atoms. The second kappa shape index (κ2) is 4.19. The third-order valence-electron chi connectivity index (χ3n) is 2.27. The highest BCUT2D eigenvalue weighted by Gasteiger charge is 2.26. The predicted molar refractivity (Wildman–Crippen MR) is 53.0 cm³/mol. The quantitative estimate of drug-likeness (QED) is 0.818. The van der Waals surface area contributed by atoms with Crippen LogP contribution in [0, 0.1) is 5.82 Å². The van der Waals surface area contributed by atoms with E-state index in [2.05, 4.69) is 9.97 Å². The van der Waals surface area contributed by atoms with Gasteiger partial charge < -0.3 is 0 Å². The number of hydrogen-bond donors (Lipinski definition) is 1. The Morgan fingerprint density at radius 2 is 1.80 bits per heavy atom. The average molecular weight is 233 g/mol. The van der Waals surface area contributed by atoms with Crippen LogP contribution in [0.4, 0.5) is 4.39 Å². The highest BCUT2D eigenvalue weighted by atomic mass is 32.2. The van der Waals surface area contributed by atoms with E-state index in [1.807, 2.05) is 0 Å². The van der Waals surface area contributed by atoms with Crippen LogP contribution in [0.15, 0.2) is 12.4 Å². The molecule has 0 unspecified atom stereocenters. The molecule has 2 atom stereocenters. The summed E-state index contributed by atoms with van der Waals surface area (Å²) in [5.41, 5.74) is 0. The maximum absolute atomic E-state index is 12.5. The molecule has 84 valence electrons. The molecule has 0 fully saturated rings. The van der Waals surface area contributed by atoms with Crippen LogP contribution in [0.25, 0.3) is 0 Å². The summed E-state index contributed by atoms with van der Waals surface area (Å²) < 4.78 is 34.6. The van der Waals surface area contributed by atoms with Crippen molar-refractivity contribution in [2.75, 3.05) is 0 Å². The van der Waals surface area contributed by atoms with Gasteiger partial charge in [-0.3, -0.25) is 0 Å². The Morgan fingerprint density at radius 1 is 1.33 bits per heavy atom. The van der Waals surface area contributed by atoms with Crippen LogP contribution in [-0.4, -0.2) is 23.6 Å². The lowest BCUT2D eigenvalue weighted by molar-refractivity contribution is 0.559. The number of nitrogens with two attached hydrogens (primary N) is 1. The van der Waals surface area contributed by atoms with Crippen LogP contribution in [0.5, 0.6) is 0 Å². The molecule has 0 saturated carbocycles. The zero-order chi connectivity index (χ0) is 11.6. The Bertz CT molecular complexity index is 432. The number of halogens is 1. The normalized spacial score (nSPS) is 16.0. The first kappa shape index (κ1) is 12.0. The van der Waals surface area contributed by atoms with Crippen molar-refractivity contribution >= 4 is 10.0 Å². The van der Waals surface area contributed by atoms with Crippen molar-refractivity contribution in [2.45, 2.75) is 25.0 Å². The van der Waals surface area contributed by atoms with E-state index in [-0.39, 0.29) is 5.82 Å². The summed E-state index contributed by atoms with van der Waals surface area (Å²) in [6.45, 7) is 3.09. The summed E-state index contributed by atoms with van der Waals surface area (Å²) in [6, 6.07) is 0. The number of nitrogens with zero attached hydrogens (tertiary/aromatic N) is 2. The number of rotatable bonds is 3. The molecule has 0 aromatic carbocycles. The average Bonchev–Trinajstić information content (AvgIpc) is 2.15. The number of sulfonamides is 1. The fourth-order valence-electron chi connectivity index (χ4n) is 1.05. The largest absolute Gasteiger partial charge is 0.238 e. The third-order valence-corrected chi connectivity index (χ3v) is 3.71. The van der Waals surface area contributed by atoms with Gasteiger partial charge in [-0.2, -0.15) is 0 Å². The Hall–Kier alpha value is -1.08. The first-order valence-electron chi connectivity index (χ1n) is 4.31. The van der Waals surface area contributed by atoms with E-state index in [0.29, 0.717) is 0 Å². The minimum atomic E-state index is -3.63. The van der Waals surface area contributed by atoms with E-state index in [1.165, 1.54) is 6.92 Å². The van der Waals surface area contributed by atoms with Crippen molar-refractivity contribution in [1.29, 1.82) is 0 Å². The van der Waals surface area contributed by atoms with Gasteiger partial charge in [-0.25, -0.2) is 27.9 Å². The van der Waals surface area contributed by atoms with E-state index in [0.717, 1.165) is 12.4 Å². The van der Waals surface area contributed by atoms with E-state index in [4.69, 9.17) is 5.14 Å². The van der Waals surface area contributed by atoms with Crippen LogP contribution >= 0.6 is 0 Å². The van der Waals surface area contributed by atoms with Gasteiger partial charge in [0.05, 0.1) is 17.6 Å². The van der Waals surface area contributed by atoms with Gasteiger partial charge in [0, 0.05) is 5.92 Å². The number of hydrogen-bond acceptors (Lipinski definition) is 4. The van der Waals surface area contributed by atoms with Crippen LogP contribution in [0.1, 0.15) is 25.6 Å². The van der Waals surface area contributed by atoms with Crippen molar-refractivity contribution in [3.05, 3.63) is 24.0 Å². The van der Waals surface area contributed by atoms with Gasteiger partial charge >= 0.3 is 0 Å². The molecule has 1 aromatic rings. The van der Waals surface area contributed by atoms with Crippen molar-refractivity contribution in [3.8, 4) is 0 Å². The highest BCUT2D eigenvalue weighted by molar-refractivity contribution is 7.89. The summed E-state index contributed by atoms with van der Waals surface area (Å²) in [6.07, 6.45) is 1.99. The van der Waals surface area contributed by atoms with E-state index in [1.54, 1.807) is 6.92 Å². The Morgan fingerprint density at radius 3 is 2.20 bits per heavy atom. The Labute approximate surface area is 87.6 Å². The van der Waals surface area contributed by atoms with E-state index >= 15 is 0 Å². The Balaban J connectivity index is 2.95. The van der Waals surface area contributed by atoms with Crippen LogP contribution in [-0.2, 0) is 10.0 Å². The summed E-state index contributed by atoms with van der Waals surface area (Å²) >= 11 is 0. The predicted octanol–water partition coefficient (Wildman–Crippen LogP) is 0.396. The molecule has 15 heavy (non-hydrogen) atoms. The van der Waals surface area contributed by atoms with Gasteiger partial charge in [0.1, 0.15) is 5.82 Å². The third kappa shape index (κ3) is 2.93. The standard InChI is InChI=1S/C8H12FN3O2S/c1-5(6(2)15(10,13)14)8-11-3-7(9)4-12-8/h3-6H,1-2H3,(H2,10,13,14)/t5-,6+/m0/s1. The second-order valence-corrected chi connectivity index (χ2v) is 5.26. The van der Waals surface area contributed by atoms with Gasteiger partial charge in [0.2, 0.25) is 10.0 Å². The van der Waals surface area contributed by atoms with Crippen LogP contribution < -0.4 is 5.14 Å². The molecule has 0 spiro atoms. The molecule has 1 aromatic heterocycles. The molecule has 0 amide bonds. The van der Waals surface area contributed by atoms with Gasteiger partial charge in [0.25, 0.3) is 0 Å². The summed E-state index contributed by atoms with van der Waals surface area (Å²) in [7, 11) is -3.63. The lowest BCUT2D eigenvalue weighted by Crippen LogP contribution is -2.31.